The van der Waals surface area contributed by atoms with E-state index in [0.717, 1.165) is 21.2 Å². The van der Waals surface area contributed by atoms with Crippen molar-refractivity contribution in [3.63, 3.8) is 0 Å². The van der Waals surface area contributed by atoms with Crippen LogP contribution in [-0.4, -0.2) is 20.2 Å². The number of rotatable bonds is 5. The largest absolute Gasteiger partial charge is 0.493 e. The Labute approximate surface area is 144 Å². The molecule has 4 nitrogen and oxygen atoms in total. The van der Waals surface area contributed by atoms with E-state index in [0.29, 0.717) is 17.2 Å². The summed E-state index contributed by atoms with van der Waals surface area (Å²) in [6, 6.07) is 9.33. The first-order valence-electron chi connectivity index (χ1n) is 7.13. The number of carbonyl (C=O) groups is 1. The summed E-state index contributed by atoms with van der Waals surface area (Å²) in [6.45, 7) is 3.84. The van der Waals surface area contributed by atoms with Crippen molar-refractivity contribution < 1.29 is 19.0 Å². The summed E-state index contributed by atoms with van der Waals surface area (Å²) in [5.41, 5.74) is 2.65. The number of halogens is 1. The number of hydrogen-bond acceptors (Lipinski definition) is 4. The smallest absolute Gasteiger partial charge is 0.315 e. The molecule has 122 valence electrons. The Morgan fingerprint density at radius 1 is 1.04 bits per heavy atom. The average Bonchev–Trinajstić information content (AvgIpc) is 2.52. The molecule has 0 radical (unpaired) electrons. The van der Waals surface area contributed by atoms with Crippen molar-refractivity contribution in [1.29, 1.82) is 0 Å². The van der Waals surface area contributed by atoms with Crippen LogP contribution in [-0.2, 0) is 11.2 Å². The molecule has 0 unspecified atom stereocenters. The van der Waals surface area contributed by atoms with Crippen LogP contribution in [0.2, 0.25) is 0 Å². The van der Waals surface area contributed by atoms with Crippen LogP contribution in [0.4, 0.5) is 0 Å². The van der Waals surface area contributed by atoms with Crippen molar-refractivity contribution in [3.8, 4) is 17.2 Å². The van der Waals surface area contributed by atoms with E-state index in [1.165, 1.54) is 0 Å². The summed E-state index contributed by atoms with van der Waals surface area (Å²) in [6.07, 6.45) is 0.134. The quantitative estimate of drug-likeness (QED) is 0.576. The van der Waals surface area contributed by atoms with Gasteiger partial charge < -0.3 is 14.2 Å². The molecule has 23 heavy (non-hydrogen) atoms. The first-order valence-corrected chi connectivity index (χ1v) is 7.92. The molecular weight excluding hydrogens is 360 g/mol. The number of carbonyl (C=O) groups excluding carboxylic acids is 1. The topological polar surface area (TPSA) is 44.8 Å². The number of para-hydroxylation sites is 1. The molecule has 0 aliphatic rings. The number of methoxy groups -OCH3 is 2. The van der Waals surface area contributed by atoms with Crippen LogP contribution in [0.1, 0.15) is 16.7 Å². The van der Waals surface area contributed by atoms with E-state index in [1.807, 2.05) is 32.0 Å². The average molecular weight is 379 g/mol. The van der Waals surface area contributed by atoms with Gasteiger partial charge in [-0.05, 0) is 42.7 Å². The summed E-state index contributed by atoms with van der Waals surface area (Å²) >= 11 is 3.45. The molecule has 0 saturated carbocycles. The number of esters is 1. The Bertz CT molecular complexity index is 705. The fraction of sp³-hybridized carbons (Fsp3) is 0.278. The number of aryl methyl sites for hydroxylation is 2. The lowest BCUT2D eigenvalue weighted by Crippen LogP contribution is -2.13. The highest BCUT2D eigenvalue weighted by molar-refractivity contribution is 9.10. The van der Waals surface area contributed by atoms with Gasteiger partial charge >= 0.3 is 5.97 Å². The molecule has 0 amide bonds. The van der Waals surface area contributed by atoms with Crippen molar-refractivity contribution in [2.24, 2.45) is 0 Å². The summed E-state index contributed by atoms with van der Waals surface area (Å²) in [5.74, 6) is 1.47. The van der Waals surface area contributed by atoms with Gasteiger partial charge in [0.25, 0.3) is 0 Å². The van der Waals surface area contributed by atoms with Crippen LogP contribution < -0.4 is 14.2 Å². The minimum Gasteiger partial charge on any atom is -0.493 e. The number of benzene rings is 2. The van der Waals surface area contributed by atoms with Crippen LogP contribution in [0, 0.1) is 13.8 Å². The normalized spacial score (nSPS) is 10.3. The van der Waals surface area contributed by atoms with Crippen LogP contribution in [0.25, 0.3) is 0 Å². The molecule has 0 aliphatic carbocycles. The Kier molecular flexibility index (Phi) is 5.66. The second-order valence-corrected chi connectivity index (χ2v) is 6.02. The third-order valence-corrected chi connectivity index (χ3v) is 4.25. The van der Waals surface area contributed by atoms with E-state index in [1.54, 1.807) is 26.4 Å². The maximum atomic E-state index is 12.3. The van der Waals surface area contributed by atoms with Gasteiger partial charge in [-0.15, -0.1) is 0 Å². The van der Waals surface area contributed by atoms with Crippen LogP contribution >= 0.6 is 15.9 Å². The standard InChI is InChI=1S/C18H19BrO4/c1-11-6-5-7-12(2)18(11)23-17(20)9-13-8-15(21-3)16(22-4)10-14(13)19/h5-8,10H,9H2,1-4H3. The fourth-order valence-corrected chi connectivity index (χ4v) is 2.76. The van der Waals surface area contributed by atoms with Crippen molar-refractivity contribution in [2.45, 2.75) is 20.3 Å². The highest BCUT2D eigenvalue weighted by Crippen LogP contribution is 2.33. The molecule has 0 saturated heterocycles. The molecule has 0 aromatic heterocycles. The zero-order valence-electron chi connectivity index (χ0n) is 13.6. The van der Waals surface area contributed by atoms with Gasteiger partial charge in [0.2, 0.25) is 0 Å². The van der Waals surface area contributed by atoms with Gasteiger partial charge in [-0.3, -0.25) is 4.79 Å². The van der Waals surface area contributed by atoms with E-state index in [-0.39, 0.29) is 12.4 Å². The lowest BCUT2D eigenvalue weighted by atomic mass is 10.1. The van der Waals surface area contributed by atoms with E-state index >= 15 is 0 Å². The Morgan fingerprint density at radius 3 is 2.17 bits per heavy atom. The van der Waals surface area contributed by atoms with Gasteiger partial charge in [0.05, 0.1) is 20.6 Å². The van der Waals surface area contributed by atoms with Gasteiger partial charge in [0, 0.05) is 4.47 Å². The molecule has 0 N–H and O–H groups in total. The predicted octanol–water partition coefficient (Wildman–Crippen LogP) is 4.23. The molecule has 2 rings (SSSR count). The van der Waals surface area contributed by atoms with Crippen LogP contribution in [0.5, 0.6) is 17.2 Å². The third-order valence-electron chi connectivity index (χ3n) is 3.51. The number of hydrogen-bond donors (Lipinski definition) is 0. The summed E-state index contributed by atoms with van der Waals surface area (Å²) in [5, 5.41) is 0. The maximum absolute atomic E-state index is 12.3. The third kappa shape index (κ3) is 4.05. The van der Waals surface area contributed by atoms with Crippen LogP contribution in [0.15, 0.2) is 34.8 Å². The van der Waals surface area contributed by atoms with Crippen molar-refractivity contribution in [3.05, 3.63) is 51.5 Å². The van der Waals surface area contributed by atoms with Crippen molar-refractivity contribution in [1.82, 2.24) is 0 Å². The lowest BCUT2D eigenvalue weighted by Gasteiger charge is -2.13. The molecule has 0 spiro atoms. The Balaban J connectivity index is 2.20. The molecule has 0 heterocycles. The zero-order chi connectivity index (χ0) is 17.0. The Morgan fingerprint density at radius 2 is 1.61 bits per heavy atom. The van der Waals surface area contributed by atoms with Gasteiger partial charge in [-0.2, -0.15) is 0 Å². The SMILES string of the molecule is COc1cc(Br)c(CC(=O)Oc2c(C)cccc2C)cc1OC. The monoisotopic (exact) mass is 378 g/mol. The highest BCUT2D eigenvalue weighted by atomic mass is 79.9. The first-order chi connectivity index (χ1) is 11.0. The van der Waals surface area contributed by atoms with E-state index < -0.39 is 0 Å². The second kappa shape index (κ2) is 7.51. The van der Waals surface area contributed by atoms with Crippen molar-refractivity contribution in [2.75, 3.05) is 14.2 Å². The minimum atomic E-state index is -0.324. The fourth-order valence-electron chi connectivity index (χ4n) is 2.30. The highest BCUT2D eigenvalue weighted by Gasteiger charge is 2.15. The van der Waals surface area contributed by atoms with E-state index in [2.05, 4.69) is 15.9 Å². The minimum absolute atomic E-state index is 0.134. The summed E-state index contributed by atoms with van der Waals surface area (Å²) in [4.78, 5) is 12.3. The summed E-state index contributed by atoms with van der Waals surface area (Å²) < 4.78 is 16.8. The van der Waals surface area contributed by atoms with Crippen molar-refractivity contribution >= 4 is 21.9 Å². The molecule has 0 atom stereocenters. The molecule has 0 bridgehead atoms. The number of ether oxygens (including phenoxy) is 3. The van der Waals surface area contributed by atoms with Gasteiger partial charge in [0.15, 0.2) is 11.5 Å². The van der Waals surface area contributed by atoms with E-state index in [4.69, 9.17) is 14.2 Å². The molecule has 2 aromatic rings. The maximum Gasteiger partial charge on any atom is 0.315 e. The molecule has 0 aliphatic heterocycles. The van der Waals surface area contributed by atoms with Gasteiger partial charge in [-0.25, -0.2) is 0 Å². The zero-order valence-corrected chi connectivity index (χ0v) is 15.2. The first kappa shape index (κ1) is 17.3. The van der Waals surface area contributed by atoms with E-state index in [9.17, 15) is 4.79 Å². The van der Waals surface area contributed by atoms with Gasteiger partial charge in [0.1, 0.15) is 5.75 Å². The molecule has 0 fully saturated rings. The molecular formula is C18H19BrO4. The predicted molar refractivity (Wildman–Crippen MR) is 92.5 cm³/mol. The van der Waals surface area contributed by atoms with Crippen LogP contribution in [0.3, 0.4) is 0 Å². The molecule has 2 aromatic carbocycles. The second-order valence-electron chi connectivity index (χ2n) is 5.17. The van der Waals surface area contributed by atoms with Gasteiger partial charge in [-0.1, -0.05) is 34.1 Å². The Hall–Kier alpha value is -2.01. The lowest BCUT2D eigenvalue weighted by molar-refractivity contribution is -0.133. The molecule has 5 heteroatoms. The summed E-state index contributed by atoms with van der Waals surface area (Å²) in [7, 11) is 3.13.